The van der Waals surface area contributed by atoms with Gasteiger partial charge in [-0.1, -0.05) is 181 Å². The summed E-state index contributed by atoms with van der Waals surface area (Å²) in [5.74, 6) is -1.46. The van der Waals surface area contributed by atoms with E-state index in [0.717, 1.165) is 116 Å². The Balaban J connectivity index is 2.10. The van der Waals surface area contributed by atoms with Crippen LogP contribution in [-0.4, -0.2) is 129 Å². The molecule has 2 amide bonds. The molecule has 73 heavy (non-hydrogen) atoms. The van der Waals surface area contributed by atoms with Crippen LogP contribution in [0.3, 0.4) is 0 Å². The highest BCUT2D eigenvalue weighted by Gasteiger charge is 2.51. The van der Waals surface area contributed by atoms with Gasteiger partial charge in [0.25, 0.3) is 0 Å². The number of ether oxygens (including phenoxy) is 4. The SMILES string of the molecule is CCCCCCC=CCCCCCCCCCC(=O)N[C@H]1[C@H](OC[C@H]2O[C@H](OP(=O)(O)O)[C@H](NC(=O)CC(=O)CCCCCCCCCCC)[C@@H](OCCCCCCCCCC)[C@@H]2O)O[C@H](CCO)[C@@H](O)[C@@H]1O. The van der Waals surface area contributed by atoms with Crippen LogP contribution in [0.1, 0.15) is 239 Å². The van der Waals surface area contributed by atoms with Crippen LogP contribution in [0.5, 0.6) is 0 Å². The number of Topliss-reactive ketones (excluding diaryl/α,β-unsaturated/α-hetero) is 1. The van der Waals surface area contributed by atoms with Gasteiger partial charge in [-0.2, -0.15) is 0 Å². The Hall–Kier alpha value is -1.86. The first-order valence-electron chi connectivity index (χ1n) is 28.9. The monoisotopic (exact) mass is 1060 g/mol. The van der Waals surface area contributed by atoms with Crippen molar-refractivity contribution in [2.45, 2.75) is 300 Å². The first-order valence-corrected chi connectivity index (χ1v) is 30.5. The average molecular weight is 1060 g/mol. The van der Waals surface area contributed by atoms with Crippen molar-refractivity contribution in [3.63, 3.8) is 0 Å². The first-order chi connectivity index (χ1) is 35.3. The van der Waals surface area contributed by atoms with E-state index < -0.39 is 101 Å². The number of nitrogens with one attached hydrogen (secondary N) is 2. The number of aliphatic hydroxyl groups excluding tert-OH is 4. The first kappa shape index (κ1) is 67.3. The molecule has 17 nitrogen and oxygen atoms in total. The van der Waals surface area contributed by atoms with Crippen LogP contribution in [0.4, 0.5) is 0 Å². The van der Waals surface area contributed by atoms with Crippen molar-refractivity contribution in [2.24, 2.45) is 0 Å². The van der Waals surface area contributed by atoms with Crippen molar-refractivity contribution < 1.29 is 72.6 Å². The molecule has 0 bridgehead atoms. The van der Waals surface area contributed by atoms with Gasteiger partial charge < -0.3 is 59.8 Å². The van der Waals surface area contributed by atoms with E-state index in [1.165, 1.54) is 57.8 Å². The molecule has 2 rings (SSSR count). The van der Waals surface area contributed by atoms with Crippen molar-refractivity contribution in [1.29, 1.82) is 0 Å². The van der Waals surface area contributed by atoms with E-state index in [1.807, 2.05) is 0 Å². The molecule has 0 saturated carbocycles. The molecular weight excluding hydrogens is 960 g/mol. The van der Waals surface area contributed by atoms with Gasteiger partial charge in [-0.3, -0.25) is 18.9 Å². The van der Waals surface area contributed by atoms with Crippen LogP contribution < -0.4 is 10.6 Å². The van der Waals surface area contributed by atoms with E-state index >= 15 is 0 Å². The van der Waals surface area contributed by atoms with E-state index in [4.69, 9.17) is 23.5 Å². The van der Waals surface area contributed by atoms with Gasteiger partial charge in [0.15, 0.2) is 12.6 Å². The Bertz CT molecular complexity index is 1490. The summed E-state index contributed by atoms with van der Waals surface area (Å²) in [6.45, 7) is 5.72. The molecule has 0 unspecified atom stereocenters. The van der Waals surface area contributed by atoms with Gasteiger partial charge in [0.1, 0.15) is 48.4 Å². The molecule has 0 aromatic carbocycles. The molecular formula is C55H103N2O15P. The van der Waals surface area contributed by atoms with E-state index in [0.29, 0.717) is 19.3 Å². The van der Waals surface area contributed by atoms with Crippen molar-refractivity contribution in [1.82, 2.24) is 10.6 Å². The summed E-state index contributed by atoms with van der Waals surface area (Å²) in [5, 5.41) is 49.2. The lowest BCUT2D eigenvalue weighted by atomic mass is 9.94. The van der Waals surface area contributed by atoms with Crippen LogP contribution in [0.25, 0.3) is 0 Å². The van der Waals surface area contributed by atoms with Crippen LogP contribution in [0, 0.1) is 0 Å². The summed E-state index contributed by atoms with van der Waals surface area (Å²) in [6, 6.07) is -2.76. The van der Waals surface area contributed by atoms with Crippen molar-refractivity contribution in [2.75, 3.05) is 19.8 Å². The number of aliphatic hydroxyl groups is 4. The molecule has 0 aromatic rings. The van der Waals surface area contributed by atoms with Crippen LogP contribution in [0.2, 0.25) is 0 Å². The molecule has 10 atom stereocenters. The lowest BCUT2D eigenvalue weighted by Gasteiger charge is -2.46. The smallest absolute Gasteiger partial charge is 0.396 e. The van der Waals surface area contributed by atoms with Crippen molar-refractivity contribution in [3.05, 3.63) is 12.2 Å². The summed E-state index contributed by atoms with van der Waals surface area (Å²) in [7, 11) is -5.31. The molecule has 0 spiro atoms. The number of phosphoric acid groups is 1. The maximum atomic E-state index is 13.4. The number of rotatable bonds is 46. The normalized spacial score (nSPS) is 24.6. The molecule has 0 aromatic heterocycles. The molecule has 0 aliphatic carbocycles. The number of carbonyl (C=O) groups is 3. The fourth-order valence-corrected chi connectivity index (χ4v) is 10.1. The van der Waals surface area contributed by atoms with Gasteiger partial charge in [-0.15, -0.1) is 0 Å². The highest BCUT2D eigenvalue weighted by molar-refractivity contribution is 7.46. The quantitative estimate of drug-likeness (QED) is 0.0122. The molecule has 2 heterocycles. The molecule has 2 saturated heterocycles. The third-order valence-electron chi connectivity index (χ3n) is 14.0. The lowest BCUT2D eigenvalue weighted by molar-refractivity contribution is -0.296. The van der Waals surface area contributed by atoms with Crippen LogP contribution in [0.15, 0.2) is 12.2 Å². The topological polar surface area (TPSA) is 260 Å². The largest absolute Gasteiger partial charge is 0.472 e. The standard InChI is InChI=1S/C55H103N2O15P/c1-4-7-10-13-16-19-20-21-22-23-24-26-28-31-34-37-46(60)56-48-52(64)50(62)44(38-39-58)70-54(48)69-42-45-51(63)53(68-40-35-32-29-18-15-12-9-6-3)49(55(71-45)72-73(65,66)67)57-47(61)41-43(59)36-33-30-27-25-17-14-11-8-5-2/h19-20,44-45,48-55,58,62-64H,4-18,21-42H2,1-3H3,(H,56,60)(H,57,61)(H2,65,66,67)/t44-,45-,48-,49-,50-,51-,52-,53-,54-,55-/m1/s1. The highest BCUT2D eigenvalue weighted by atomic mass is 31.2. The van der Waals surface area contributed by atoms with E-state index in [2.05, 4.69) is 43.6 Å². The molecule has 2 fully saturated rings. The summed E-state index contributed by atoms with van der Waals surface area (Å²) >= 11 is 0. The predicted octanol–water partition coefficient (Wildman–Crippen LogP) is 9.44. The molecule has 0 radical (unpaired) electrons. The Morgan fingerprint density at radius 3 is 1.53 bits per heavy atom. The number of carbonyl (C=O) groups excluding carboxylic acids is 3. The fraction of sp³-hybridized carbons (Fsp3) is 0.909. The molecule has 8 N–H and O–H groups in total. The zero-order valence-corrected chi connectivity index (χ0v) is 46.3. The Morgan fingerprint density at radius 1 is 0.534 bits per heavy atom. The van der Waals surface area contributed by atoms with Crippen LogP contribution in [-0.2, 0) is 42.4 Å². The summed E-state index contributed by atoms with van der Waals surface area (Å²) in [4.78, 5) is 59.7. The molecule has 2 aliphatic rings. The van der Waals surface area contributed by atoms with Gasteiger partial charge in [0.05, 0.1) is 19.1 Å². The number of unbranched alkanes of at least 4 members (excludes halogenated alkanes) is 26. The number of allylic oxidation sites excluding steroid dienone is 2. The van der Waals surface area contributed by atoms with Gasteiger partial charge >= 0.3 is 7.82 Å². The number of amides is 2. The van der Waals surface area contributed by atoms with Gasteiger partial charge in [-0.05, 0) is 51.4 Å². The number of hydrogen-bond donors (Lipinski definition) is 8. The second-order valence-electron chi connectivity index (χ2n) is 20.6. The zero-order chi connectivity index (χ0) is 53.5. The number of ketones is 1. The highest BCUT2D eigenvalue weighted by Crippen LogP contribution is 2.41. The second-order valence-corrected chi connectivity index (χ2v) is 21.8. The van der Waals surface area contributed by atoms with Gasteiger partial charge in [-0.25, -0.2) is 4.57 Å². The molecule has 428 valence electrons. The zero-order valence-electron chi connectivity index (χ0n) is 45.4. The number of hydrogen-bond acceptors (Lipinski definition) is 13. The minimum atomic E-state index is -5.31. The minimum absolute atomic E-state index is 0.0763. The molecule has 18 heteroatoms. The summed E-state index contributed by atoms with van der Waals surface area (Å²) in [6.07, 6.45) is 24.4. The average Bonchev–Trinajstić information content (AvgIpc) is 3.35. The predicted molar refractivity (Wildman–Crippen MR) is 283 cm³/mol. The van der Waals surface area contributed by atoms with E-state index in [-0.39, 0.29) is 31.7 Å². The van der Waals surface area contributed by atoms with Gasteiger partial charge in [0.2, 0.25) is 11.8 Å². The summed E-state index contributed by atoms with van der Waals surface area (Å²) < 4.78 is 41.7. The fourth-order valence-electron chi connectivity index (χ4n) is 9.62. The summed E-state index contributed by atoms with van der Waals surface area (Å²) in [5.41, 5.74) is 0. The Labute approximate surface area is 439 Å². The molecule has 2 aliphatic heterocycles. The third-order valence-corrected chi connectivity index (χ3v) is 14.5. The van der Waals surface area contributed by atoms with Crippen molar-refractivity contribution in [3.8, 4) is 0 Å². The third kappa shape index (κ3) is 31.2. The van der Waals surface area contributed by atoms with Crippen LogP contribution >= 0.6 is 7.82 Å². The minimum Gasteiger partial charge on any atom is -0.396 e. The Kier molecular flexibility index (Phi) is 38.9. The maximum absolute atomic E-state index is 13.4. The number of phosphoric ester groups is 1. The Morgan fingerprint density at radius 2 is 1.00 bits per heavy atom. The lowest BCUT2D eigenvalue weighted by Crippen LogP contribution is -2.67. The van der Waals surface area contributed by atoms with Gasteiger partial charge in [0, 0.05) is 26.1 Å². The second kappa shape index (κ2) is 42.2. The maximum Gasteiger partial charge on any atom is 0.472 e. The van der Waals surface area contributed by atoms with Crippen molar-refractivity contribution >= 4 is 25.4 Å². The van der Waals surface area contributed by atoms with E-state index in [9.17, 15) is 49.2 Å². The van der Waals surface area contributed by atoms with E-state index in [1.54, 1.807) is 0 Å².